The Labute approximate surface area is 193 Å². The Morgan fingerprint density at radius 1 is 0.312 bits per heavy atom. The molecule has 0 radical (unpaired) electrons. The summed E-state index contributed by atoms with van der Waals surface area (Å²) in [6.45, 7) is 0. The van der Waals surface area contributed by atoms with Crippen molar-refractivity contribution < 1.29 is 0 Å². The van der Waals surface area contributed by atoms with Gasteiger partial charge in [0.15, 0.2) is 0 Å². The molecular weight excluding hydrogens is 422 g/mol. The van der Waals surface area contributed by atoms with Gasteiger partial charge in [0.25, 0.3) is 0 Å². The SMILES string of the molecule is C(#CC#CP(c1ccccc1)c1ccccc1)C#CP(c1ccccc1)c1ccccc1. The minimum absolute atomic E-state index is 0.764. The summed E-state index contributed by atoms with van der Waals surface area (Å²) >= 11 is 0. The van der Waals surface area contributed by atoms with Crippen molar-refractivity contribution in [1.82, 2.24) is 0 Å². The number of hydrogen-bond acceptors (Lipinski definition) is 0. The van der Waals surface area contributed by atoms with Crippen molar-refractivity contribution in [3.8, 4) is 35.0 Å². The third-order valence-electron chi connectivity index (χ3n) is 4.58. The highest BCUT2D eigenvalue weighted by Gasteiger charge is 2.10. The van der Waals surface area contributed by atoms with E-state index in [0.29, 0.717) is 0 Å². The quantitative estimate of drug-likeness (QED) is 0.302. The largest absolute Gasteiger partial charge is 0.0622 e. The highest BCUT2D eigenvalue weighted by atomic mass is 31.1. The highest BCUT2D eigenvalue weighted by Crippen LogP contribution is 2.32. The molecule has 0 aliphatic rings. The van der Waals surface area contributed by atoms with Crippen molar-refractivity contribution in [2.24, 2.45) is 0 Å². The molecule has 0 bridgehead atoms. The minimum Gasteiger partial charge on any atom is -0.0622 e. The molecule has 4 aromatic rings. The zero-order valence-electron chi connectivity index (χ0n) is 17.4. The minimum atomic E-state index is -0.764. The summed E-state index contributed by atoms with van der Waals surface area (Å²) < 4.78 is 0. The highest BCUT2D eigenvalue weighted by molar-refractivity contribution is 7.77. The van der Waals surface area contributed by atoms with E-state index in [4.69, 9.17) is 0 Å². The van der Waals surface area contributed by atoms with E-state index >= 15 is 0 Å². The molecule has 0 unspecified atom stereocenters. The Morgan fingerprint density at radius 3 is 0.812 bits per heavy atom. The van der Waals surface area contributed by atoms with Crippen LogP contribution in [0.25, 0.3) is 0 Å². The first-order chi connectivity index (χ1) is 15.9. The van der Waals surface area contributed by atoms with E-state index in [0.717, 1.165) is 0 Å². The topological polar surface area (TPSA) is 0 Å². The second-order valence-electron chi connectivity index (χ2n) is 6.74. The fourth-order valence-corrected chi connectivity index (χ4v) is 6.42. The van der Waals surface area contributed by atoms with Gasteiger partial charge in [-0.1, -0.05) is 133 Å². The van der Waals surface area contributed by atoms with Crippen LogP contribution in [-0.4, -0.2) is 0 Å². The molecule has 0 heterocycles. The van der Waals surface area contributed by atoms with Crippen LogP contribution in [0.3, 0.4) is 0 Å². The van der Waals surface area contributed by atoms with Crippen molar-refractivity contribution in [3.05, 3.63) is 121 Å². The summed E-state index contributed by atoms with van der Waals surface area (Å²) in [5.41, 5.74) is 6.77. The molecule has 2 heteroatoms. The molecule has 0 spiro atoms. The molecule has 0 atom stereocenters. The molecular formula is C30H20P2. The second kappa shape index (κ2) is 11.7. The molecule has 0 nitrogen and oxygen atoms in total. The lowest BCUT2D eigenvalue weighted by Gasteiger charge is -2.11. The Bertz CT molecular complexity index is 1130. The van der Waals surface area contributed by atoms with E-state index in [2.05, 4.69) is 132 Å². The van der Waals surface area contributed by atoms with Crippen molar-refractivity contribution in [1.29, 1.82) is 0 Å². The third kappa shape index (κ3) is 5.98. The first-order valence-corrected chi connectivity index (χ1v) is 12.9. The summed E-state index contributed by atoms with van der Waals surface area (Å²) in [5.74, 6) is 12.0. The Balaban J connectivity index is 1.58. The van der Waals surface area contributed by atoms with E-state index in [1.54, 1.807) is 0 Å². The molecule has 0 fully saturated rings. The monoisotopic (exact) mass is 442 g/mol. The molecule has 150 valence electrons. The number of hydrogen-bond donors (Lipinski definition) is 0. The van der Waals surface area contributed by atoms with Gasteiger partial charge in [-0.2, -0.15) is 0 Å². The van der Waals surface area contributed by atoms with Gasteiger partial charge in [0.1, 0.15) is 0 Å². The molecule has 0 aromatic heterocycles. The first-order valence-electron chi connectivity index (χ1n) is 10.2. The van der Waals surface area contributed by atoms with Crippen molar-refractivity contribution in [2.45, 2.75) is 0 Å². The lowest BCUT2D eigenvalue weighted by molar-refractivity contribution is 1.76. The molecule has 0 saturated heterocycles. The normalized spacial score (nSPS) is 9.69. The Morgan fingerprint density at radius 2 is 0.562 bits per heavy atom. The lowest BCUT2D eigenvalue weighted by Crippen LogP contribution is -2.09. The van der Waals surface area contributed by atoms with E-state index in [9.17, 15) is 0 Å². The van der Waals surface area contributed by atoms with Gasteiger partial charge < -0.3 is 0 Å². The summed E-state index contributed by atoms with van der Waals surface area (Å²) in [5, 5.41) is 4.91. The zero-order valence-corrected chi connectivity index (χ0v) is 19.2. The zero-order chi connectivity index (χ0) is 21.8. The average molecular weight is 442 g/mol. The molecule has 4 rings (SSSR count). The average Bonchev–Trinajstić information content (AvgIpc) is 2.88. The van der Waals surface area contributed by atoms with Crippen LogP contribution in [0.5, 0.6) is 0 Å². The smallest absolute Gasteiger partial charge is 0.0355 e. The second-order valence-corrected chi connectivity index (χ2v) is 10.6. The maximum atomic E-state index is 3.38. The van der Waals surface area contributed by atoms with Crippen LogP contribution in [-0.2, 0) is 0 Å². The van der Waals surface area contributed by atoms with E-state index < -0.39 is 15.8 Å². The van der Waals surface area contributed by atoms with Crippen LogP contribution in [0.15, 0.2) is 121 Å². The van der Waals surface area contributed by atoms with E-state index in [1.165, 1.54) is 21.2 Å². The maximum absolute atomic E-state index is 3.38. The van der Waals surface area contributed by atoms with Crippen molar-refractivity contribution >= 4 is 37.1 Å². The standard InChI is InChI=1S/C30H20P2/c1(15-25-31(27-17-7-3-8-18-27)28-19-9-4-10-20-28)2-16-26-32(29-21-11-5-12-22-29)30-23-13-6-14-24-30/h3-14,17-24H. The van der Waals surface area contributed by atoms with Crippen molar-refractivity contribution in [2.75, 3.05) is 0 Å². The molecule has 4 aromatic carbocycles. The fraction of sp³-hybridized carbons (Fsp3) is 0. The van der Waals surface area contributed by atoms with Gasteiger partial charge in [-0.05, 0) is 44.9 Å². The predicted molar refractivity (Wildman–Crippen MR) is 141 cm³/mol. The summed E-state index contributed by atoms with van der Waals surface area (Å²) in [7, 11) is -1.53. The first kappa shape index (κ1) is 21.6. The van der Waals surface area contributed by atoms with Gasteiger partial charge >= 0.3 is 0 Å². The van der Waals surface area contributed by atoms with Crippen LogP contribution in [0, 0.1) is 35.0 Å². The molecule has 0 aliphatic heterocycles. The van der Waals surface area contributed by atoms with Crippen LogP contribution in [0.2, 0.25) is 0 Å². The summed E-state index contributed by atoms with van der Waals surface area (Å²) in [6, 6.07) is 41.6. The summed E-state index contributed by atoms with van der Waals surface area (Å²) in [6.07, 6.45) is 0. The summed E-state index contributed by atoms with van der Waals surface area (Å²) in [4.78, 5) is 0. The molecule has 32 heavy (non-hydrogen) atoms. The molecule has 0 saturated carbocycles. The van der Waals surface area contributed by atoms with Gasteiger partial charge in [0, 0.05) is 15.8 Å². The van der Waals surface area contributed by atoms with E-state index in [-0.39, 0.29) is 0 Å². The third-order valence-corrected chi connectivity index (χ3v) is 8.51. The Hall–Kier alpha value is -3.58. The van der Waals surface area contributed by atoms with Crippen LogP contribution < -0.4 is 21.2 Å². The van der Waals surface area contributed by atoms with Gasteiger partial charge in [0.05, 0.1) is 0 Å². The van der Waals surface area contributed by atoms with Crippen LogP contribution >= 0.6 is 15.8 Å². The van der Waals surface area contributed by atoms with Crippen LogP contribution in [0.1, 0.15) is 0 Å². The predicted octanol–water partition coefficient (Wildman–Crippen LogP) is 5.18. The van der Waals surface area contributed by atoms with Gasteiger partial charge in [-0.25, -0.2) is 0 Å². The number of benzene rings is 4. The molecule has 0 amide bonds. The van der Waals surface area contributed by atoms with Gasteiger partial charge in [0.2, 0.25) is 0 Å². The van der Waals surface area contributed by atoms with E-state index in [1.807, 2.05) is 24.3 Å². The molecule has 0 aliphatic carbocycles. The molecule has 0 N–H and O–H groups in total. The fourth-order valence-electron chi connectivity index (χ4n) is 3.09. The van der Waals surface area contributed by atoms with Gasteiger partial charge in [-0.15, -0.1) is 0 Å². The van der Waals surface area contributed by atoms with Gasteiger partial charge in [-0.3, -0.25) is 0 Å². The van der Waals surface area contributed by atoms with Crippen molar-refractivity contribution in [3.63, 3.8) is 0 Å². The lowest BCUT2D eigenvalue weighted by atomic mass is 10.4. The number of rotatable bonds is 4. The van der Waals surface area contributed by atoms with Crippen LogP contribution in [0.4, 0.5) is 0 Å². The Kier molecular flexibility index (Phi) is 7.92. The maximum Gasteiger partial charge on any atom is 0.0355 e.